The van der Waals surface area contributed by atoms with Crippen LogP contribution in [0.25, 0.3) is 0 Å². The summed E-state index contributed by atoms with van der Waals surface area (Å²) in [5.74, 6) is 0.259. The Hall–Kier alpha value is 0.0539. The fourth-order valence-corrected chi connectivity index (χ4v) is 0.344. The molecule has 0 atom stereocenters. The van der Waals surface area contributed by atoms with Crippen molar-refractivity contribution < 1.29 is 37.8 Å². The van der Waals surface area contributed by atoms with E-state index in [0.29, 0.717) is 0 Å². The molecule has 0 bridgehead atoms. The molecule has 1 radical (unpaired) electrons. The van der Waals surface area contributed by atoms with Crippen molar-refractivity contribution in [2.24, 2.45) is 0 Å². The van der Waals surface area contributed by atoms with E-state index in [4.69, 9.17) is 5.11 Å². The minimum Gasteiger partial charge on any atom is -0.508 e. The largest absolute Gasteiger partial charge is 0.508 e. The molecule has 1 aromatic rings. The summed E-state index contributed by atoms with van der Waals surface area (Å²) in [6.45, 7) is 4.25. The van der Waals surface area contributed by atoms with Crippen LogP contribution in [0, 0.1) is 0 Å². The molecule has 0 spiro atoms. The van der Waals surface area contributed by atoms with Gasteiger partial charge in [0, 0.05) is 45.1 Å². The molecule has 0 amide bonds. The molecule has 0 fully saturated rings. The quantitative estimate of drug-likeness (QED) is 0.738. The average Bonchev–Trinajstić information content (AvgIpc) is 1.91. The zero-order valence-electron chi connectivity index (χ0n) is 6.99. The van der Waals surface area contributed by atoms with Crippen molar-refractivity contribution in [1.82, 2.24) is 4.98 Å². The smallest absolute Gasteiger partial charge is 0.118 e. The van der Waals surface area contributed by atoms with Crippen LogP contribution in [-0.2, 0) is 32.7 Å². The van der Waals surface area contributed by atoms with Crippen LogP contribution in [0.5, 0.6) is 5.75 Å². The summed E-state index contributed by atoms with van der Waals surface area (Å²) in [5.41, 5.74) is 0. The van der Waals surface area contributed by atoms with Gasteiger partial charge in [-0.15, -0.1) is 0 Å². The number of hydrogen-bond acceptors (Lipinski definition) is 2. The van der Waals surface area contributed by atoms with Crippen LogP contribution in [0.1, 0.15) is 20.3 Å². The SMILES string of the molecule is CCC.Oc1ccncc1.[Y]. The maximum absolute atomic E-state index is 8.59. The Kier molecular flexibility index (Phi) is 12.5. The second-order valence-corrected chi connectivity index (χ2v) is 1.91. The second kappa shape index (κ2) is 10.1. The normalized spacial score (nSPS) is 7.09. The average molecular weight is 228 g/mol. The number of aromatic nitrogens is 1. The van der Waals surface area contributed by atoms with Gasteiger partial charge < -0.3 is 5.11 Å². The van der Waals surface area contributed by atoms with Crippen molar-refractivity contribution in [2.45, 2.75) is 20.3 Å². The predicted molar refractivity (Wildman–Crippen MR) is 41.9 cm³/mol. The first-order chi connectivity index (χ1) is 4.81. The molecule has 1 heterocycles. The standard InChI is InChI=1S/C5H5NO.C3H8.Y/c7-5-1-3-6-4-2-5;1-3-2;/h1-4H,(H,6,7);3H2,1-2H3;. The Labute approximate surface area is 92.9 Å². The predicted octanol–water partition coefficient (Wildman–Crippen LogP) is 2.20. The van der Waals surface area contributed by atoms with Gasteiger partial charge in [-0.3, -0.25) is 4.98 Å². The molecule has 1 N–H and O–H groups in total. The van der Waals surface area contributed by atoms with E-state index >= 15 is 0 Å². The number of nitrogens with zero attached hydrogens (tertiary/aromatic N) is 1. The van der Waals surface area contributed by atoms with Gasteiger partial charge in [-0.25, -0.2) is 0 Å². The summed E-state index contributed by atoms with van der Waals surface area (Å²) in [6.07, 6.45) is 4.32. The molecule has 0 aliphatic rings. The fraction of sp³-hybridized carbons (Fsp3) is 0.375. The summed E-state index contributed by atoms with van der Waals surface area (Å²) in [7, 11) is 0. The van der Waals surface area contributed by atoms with Crippen LogP contribution < -0.4 is 0 Å². The Morgan fingerprint density at radius 1 is 1.27 bits per heavy atom. The van der Waals surface area contributed by atoms with Crippen molar-refractivity contribution in [1.29, 1.82) is 0 Å². The Morgan fingerprint density at radius 3 is 1.82 bits per heavy atom. The van der Waals surface area contributed by atoms with Gasteiger partial charge in [0.25, 0.3) is 0 Å². The number of pyridine rings is 1. The molecule has 0 saturated carbocycles. The Morgan fingerprint density at radius 2 is 1.64 bits per heavy atom. The van der Waals surface area contributed by atoms with Gasteiger partial charge in [-0.05, 0) is 12.1 Å². The molecule has 59 valence electrons. The van der Waals surface area contributed by atoms with Gasteiger partial charge in [0.05, 0.1) is 0 Å². The fourth-order valence-electron chi connectivity index (χ4n) is 0.344. The number of rotatable bonds is 0. The van der Waals surface area contributed by atoms with Gasteiger partial charge in [0.2, 0.25) is 0 Å². The van der Waals surface area contributed by atoms with Crippen LogP contribution in [0.3, 0.4) is 0 Å². The van der Waals surface area contributed by atoms with E-state index in [1.165, 1.54) is 30.9 Å². The van der Waals surface area contributed by atoms with Gasteiger partial charge >= 0.3 is 0 Å². The van der Waals surface area contributed by atoms with E-state index in [1.54, 1.807) is 0 Å². The summed E-state index contributed by atoms with van der Waals surface area (Å²) < 4.78 is 0. The summed E-state index contributed by atoms with van der Waals surface area (Å²) >= 11 is 0. The molecule has 1 rings (SSSR count). The topological polar surface area (TPSA) is 33.1 Å². The van der Waals surface area contributed by atoms with Crippen molar-refractivity contribution in [2.75, 3.05) is 0 Å². The van der Waals surface area contributed by atoms with Gasteiger partial charge in [0.15, 0.2) is 0 Å². The number of hydrogen-bond donors (Lipinski definition) is 1. The third-order valence-corrected chi connectivity index (χ3v) is 0.663. The molecule has 1 aromatic heterocycles. The first kappa shape index (κ1) is 13.6. The van der Waals surface area contributed by atoms with E-state index in [9.17, 15) is 0 Å². The van der Waals surface area contributed by atoms with Crippen LogP contribution >= 0.6 is 0 Å². The van der Waals surface area contributed by atoms with Crippen LogP contribution in [0.2, 0.25) is 0 Å². The number of aromatic hydroxyl groups is 1. The molecular formula is C8H13NOY. The molecule has 0 saturated heterocycles. The summed E-state index contributed by atoms with van der Waals surface area (Å²) in [6, 6.07) is 3.06. The molecule has 3 heteroatoms. The van der Waals surface area contributed by atoms with Gasteiger partial charge in [0.1, 0.15) is 5.75 Å². The molecule has 0 aliphatic heterocycles. The van der Waals surface area contributed by atoms with Crippen LogP contribution in [-0.4, -0.2) is 10.1 Å². The zero-order valence-corrected chi connectivity index (χ0v) is 9.83. The second-order valence-electron chi connectivity index (χ2n) is 1.91. The first-order valence-corrected chi connectivity index (χ1v) is 3.40. The van der Waals surface area contributed by atoms with Gasteiger partial charge in [-0.2, -0.15) is 0 Å². The van der Waals surface area contributed by atoms with Crippen LogP contribution in [0.15, 0.2) is 24.5 Å². The van der Waals surface area contributed by atoms with Crippen LogP contribution in [0.4, 0.5) is 0 Å². The van der Waals surface area contributed by atoms with E-state index in [1.807, 2.05) is 0 Å². The zero-order chi connectivity index (χ0) is 7.82. The summed E-state index contributed by atoms with van der Waals surface area (Å²) in [5, 5.41) is 8.59. The van der Waals surface area contributed by atoms with Crippen molar-refractivity contribution >= 4 is 0 Å². The maximum atomic E-state index is 8.59. The molecule has 0 unspecified atom stereocenters. The van der Waals surface area contributed by atoms with Crippen molar-refractivity contribution in [3.8, 4) is 5.75 Å². The van der Waals surface area contributed by atoms with E-state index < -0.39 is 0 Å². The monoisotopic (exact) mass is 228 g/mol. The van der Waals surface area contributed by atoms with Crippen molar-refractivity contribution in [3.05, 3.63) is 24.5 Å². The summed E-state index contributed by atoms with van der Waals surface area (Å²) in [4.78, 5) is 3.69. The van der Waals surface area contributed by atoms with E-state index in [-0.39, 0.29) is 38.5 Å². The van der Waals surface area contributed by atoms with Gasteiger partial charge in [-0.1, -0.05) is 20.3 Å². The molecule has 0 aliphatic carbocycles. The molecular weight excluding hydrogens is 215 g/mol. The first-order valence-electron chi connectivity index (χ1n) is 3.40. The van der Waals surface area contributed by atoms with E-state index in [2.05, 4.69) is 18.8 Å². The third-order valence-electron chi connectivity index (χ3n) is 0.663. The minimum absolute atomic E-state index is 0. The maximum Gasteiger partial charge on any atom is 0.118 e. The minimum atomic E-state index is 0. The molecule has 11 heavy (non-hydrogen) atoms. The third kappa shape index (κ3) is 10.1. The van der Waals surface area contributed by atoms with E-state index in [0.717, 1.165) is 0 Å². The molecule has 0 aromatic carbocycles. The Bertz CT molecular complexity index is 155. The Balaban J connectivity index is 0. The van der Waals surface area contributed by atoms with Crippen molar-refractivity contribution in [3.63, 3.8) is 0 Å². The molecule has 2 nitrogen and oxygen atoms in total.